The van der Waals surface area contributed by atoms with Crippen LogP contribution in [-0.2, 0) is 4.74 Å². The Bertz CT molecular complexity index is 57.1. The molecule has 0 saturated heterocycles. The number of hydrogen-bond donors (Lipinski definition) is 0. The molecule has 3 heteroatoms. The molecule has 0 aromatic carbocycles. The van der Waals surface area contributed by atoms with Gasteiger partial charge in [-0.05, 0) is 5.92 Å². The largest absolute Gasteiger partial charge is 0.345 e. The van der Waals surface area contributed by atoms with E-state index in [4.69, 9.17) is 0 Å². The minimum absolute atomic E-state index is 0.137. The molecule has 0 aliphatic carbocycles. The predicted molar refractivity (Wildman–Crippen MR) is 42.8 cm³/mol. The summed E-state index contributed by atoms with van der Waals surface area (Å²) in [6.07, 6.45) is 1.25. The standard InChI is InChI=1S/C5H10F2O.C3H8/c1-4(2)3-8-5(6)7;1-3-2/h4-5H,3H2,1-2H3;3H2,1-2H3. The van der Waals surface area contributed by atoms with Crippen molar-refractivity contribution in [2.75, 3.05) is 6.61 Å². The fourth-order valence-electron chi connectivity index (χ4n) is 0.265. The zero-order chi connectivity index (χ0) is 9.28. The summed E-state index contributed by atoms with van der Waals surface area (Å²) in [4.78, 5) is 0. The van der Waals surface area contributed by atoms with Crippen LogP contribution in [0.2, 0.25) is 0 Å². The normalized spacial score (nSPS) is 9.82. The molecule has 0 amide bonds. The molecule has 1 nitrogen and oxygen atoms in total. The van der Waals surface area contributed by atoms with Crippen LogP contribution >= 0.6 is 0 Å². The summed E-state index contributed by atoms with van der Waals surface area (Å²) < 4.78 is 26.3. The molecule has 0 radical (unpaired) electrons. The van der Waals surface area contributed by atoms with Gasteiger partial charge in [-0.25, -0.2) is 0 Å². The molecule has 0 bridgehead atoms. The van der Waals surface area contributed by atoms with Crippen LogP contribution in [0.4, 0.5) is 8.78 Å². The van der Waals surface area contributed by atoms with E-state index in [1.807, 2.05) is 13.8 Å². The lowest BCUT2D eigenvalue weighted by Gasteiger charge is -2.03. The summed E-state index contributed by atoms with van der Waals surface area (Å²) in [5.41, 5.74) is 0. The van der Waals surface area contributed by atoms with Crippen molar-refractivity contribution in [2.24, 2.45) is 5.92 Å². The quantitative estimate of drug-likeness (QED) is 0.628. The first-order chi connectivity index (χ1) is 5.04. The van der Waals surface area contributed by atoms with Crippen molar-refractivity contribution < 1.29 is 13.5 Å². The Labute approximate surface area is 67.7 Å². The SMILES string of the molecule is CC(C)COC(F)F.CCC. The van der Waals surface area contributed by atoms with Crippen molar-refractivity contribution in [3.8, 4) is 0 Å². The van der Waals surface area contributed by atoms with Crippen LogP contribution in [0.1, 0.15) is 34.1 Å². The van der Waals surface area contributed by atoms with E-state index >= 15 is 0 Å². The van der Waals surface area contributed by atoms with E-state index in [2.05, 4.69) is 18.6 Å². The molecule has 0 aliphatic rings. The molecule has 0 saturated carbocycles. The second-order valence-electron chi connectivity index (χ2n) is 2.69. The van der Waals surface area contributed by atoms with Gasteiger partial charge in [-0.15, -0.1) is 0 Å². The molecular formula is C8H18F2O. The molecule has 0 aromatic heterocycles. The highest BCUT2D eigenvalue weighted by Gasteiger charge is 2.01. The highest BCUT2D eigenvalue weighted by molar-refractivity contribution is 4.36. The highest BCUT2D eigenvalue weighted by atomic mass is 19.3. The molecular weight excluding hydrogens is 150 g/mol. The van der Waals surface area contributed by atoms with Gasteiger partial charge in [-0.1, -0.05) is 34.1 Å². The smallest absolute Gasteiger partial charge is 0.323 e. The van der Waals surface area contributed by atoms with Gasteiger partial charge in [0, 0.05) is 0 Å². The highest BCUT2D eigenvalue weighted by Crippen LogP contribution is 1.98. The molecule has 0 atom stereocenters. The minimum Gasteiger partial charge on any atom is -0.323 e. The summed E-state index contributed by atoms with van der Waals surface area (Å²) in [6.45, 7) is 5.42. The van der Waals surface area contributed by atoms with Gasteiger partial charge in [0.2, 0.25) is 0 Å². The first-order valence-corrected chi connectivity index (χ1v) is 3.94. The van der Waals surface area contributed by atoms with E-state index in [1.54, 1.807) is 0 Å². The van der Waals surface area contributed by atoms with E-state index in [1.165, 1.54) is 6.42 Å². The van der Waals surface area contributed by atoms with Gasteiger partial charge < -0.3 is 4.74 Å². The molecule has 0 aromatic rings. The molecule has 0 fully saturated rings. The lowest BCUT2D eigenvalue weighted by atomic mass is 10.2. The van der Waals surface area contributed by atoms with E-state index in [0.29, 0.717) is 0 Å². The van der Waals surface area contributed by atoms with E-state index < -0.39 is 6.61 Å². The number of halogens is 2. The van der Waals surface area contributed by atoms with Gasteiger partial charge in [0.25, 0.3) is 0 Å². The molecule has 0 rings (SSSR count). The van der Waals surface area contributed by atoms with Gasteiger partial charge in [0.05, 0.1) is 6.61 Å². The average molecular weight is 168 g/mol. The number of hydrogen-bond acceptors (Lipinski definition) is 1. The van der Waals surface area contributed by atoms with E-state index in [9.17, 15) is 8.78 Å². The third kappa shape index (κ3) is 25.8. The first-order valence-electron chi connectivity index (χ1n) is 3.94. The van der Waals surface area contributed by atoms with Crippen molar-refractivity contribution in [3.05, 3.63) is 0 Å². The van der Waals surface area contributed by atoms with Crippen LogP contribution in [0.25, 0.3) is 0 Å². The monoisotopic (exact) mass is 168 g/mol. The van der Waals surface area contributed by atoms with Crippen LogP contribution in [0.3, 0.4) is 0 Å². The van der Waals surface area contributed by atoms with Crippen LogP contribution < -0.4 is 0 Å². The maximum Gasteiger partial charge on any atom is 0.345 e. The minimum atomic E-state index is -2.61. The maximum atomic E-state index is 11.2. The fourth-order valence-corrected chi connectivity index (χ4v) is 0.265. The van der Waals surface area contributed by atoms with E-state index in [-0.39, 0.29) is 12.5 Å². The summed E-state index contributed by atoms with van der Waals surface area (Å²) in [7, 11) is 0. The Morgan fingerprint density at radius 1 is 1.18 bits per heavy atom. The maximum absolute atomic E-state index is 11.2. The summed E-state index contributed by atoms with van der Waals surface area (Å²) >= 11 is 0. The van der Waals surface area contributed by atoms with Gasteiger partial charge in [-0.2, -0.15) is 8.78 Å². The van der Waals surface area contributed by atoms with Gasteiger partial charge in [0.15, 0.2) is 0 Å². The Kier molecular flexibility index (Phi) is 12.0. The van der Waals surface area contributed by atoms with Gasteiger partial charge in [-0.3, -0.25) is 0 Å². The van der Waals surface area contributed by atoms with Crippen molar-refractivity contribution in [3.63, 3.8) is 0 Å². The first kappa shape index (κ1) is 13.4. The number of alkyl halides is 2. The van der Waals surface area contributed by atoms with Crippen LogP contribution in [-0.4, -0.2) is 13.2 Å². The molecule has 70 valence electrons. The van der Waals surface area contributed by atoms with Crippen LogP contribution in [0, 0.1) is 5.92 Å². The predicted octanol–water partition coefficient (Wildman–Crippen LogP) is 3.30. The molecule has 0 heterocycles. The van der Waals surface area contributed by atoms with Crippen LogP contribution in [0.15, 0.2) is 0 Å². The Morgan fingerprint density at radius 3 is 1.64 bits per heavy atom. The second kappa shape index (κ2) is 9.82. The van der Waals surface area contributed by atoms with Gasteiger partial charge in [0.1, 0.15) is 0 Å². The second-order valence-corrected chi connectivity index (χ2v) is 2.69. The number of rotatable bonds is 3. The van der Waals surface area contributed by atoms with Crippen molar-refractivity contribution in [1.82, 2.24) is 0 Å². The summed E-state index contributed by atoms with van der Waals surface area (Å²) in [5, 5.41) is 0. The van der Waals surface area contributed by atoms with Crippen LogP contribution in [0.5, 0.6) is 0 Å². The van der Waals surface area contributed by atoms with E-state index in [0.717, 1.165) is 0 Å². The Morgan fingerprint density at radius 2 is 1.55 bits per heavy atom. The Hall–Kier alpha value is -0.180. The zero-order valence-corrected chi connectivity index (χ0v) is 7.73. The van der Waals surface area contributed by atoms with Gasteiger partial charge >= 0.3 is 6.61 Å². The Balaban J connectivity index is 0. The van der Waals surface area contributed by atoms with Crippen molar-refractivity contribution in [2.45, 2.75) is 40.7 Å². The summed E-state index contributed by atoms with van der Waals surface area (Å²) in [5.74, 6) is 0.184. The lowest BCUT2D eigenvalue weighted by molar-refractivity contribution is -0.135. The third-order valence-electron chi connectivity index (χ3n) is 0.556. The molecule has 0 aliphatic heterocycles. The molecule has 11 heavy (non-hydrogen) atoms. The molecule has 0 N–H and O–H groups in total. The summed E-state index contributed by atoms with van der Waals surface area (Å²) in [6, 6.07) is 0. The molecule has 0 unspecified atom stereocenters. The van der Waals surface area contributed by atoms with Crippen molar-refractivity contribution in [1.29, 1.82) is 0 Å². The van der Waals surface area contributed by atoms with Crippen molar-refractivity contribution >= 4 is 0 Å². The average Bonchev–Trinajstić information content (AvgIpc) is 1.85. The number of ether oxygens (including phenoxy) is 1. The topological polar surface area (TPSA) is 9.23 Å². The molecule has 0 spiro atoms. The third-order valence-corrected chi connectivity index (χ3v) is 0.556. The lowest BCUT2D eigenvalue weighted by Crippen LogP contribution is -2.05. The zero-order valence-electron chi connectivity index (χ0n) is 7.73. The fraction of sp³-hybridized carbons (Fsp3) is 1.00.